The van der Waals surface area contributed by atoms with Crippen molar-refractivity contribution in [2.45, 2.75) is 38.1 Å². The lowest BCUT2D eigenvalue weighted by Gasteiger charge is -2.23. The third kappa shape index (κ3) is 4.98. The standard InChI is InChI=1S/C15H26N2O3S/c1-5-13(3)17(4)21(18,19)15-9-7-14(8-10-15)20-12-11-16-6-2/h7-10,13,16H,5-6,11-12H2,1-4H3. The molecule has 1 unspecified atom stereocenters. The van der Waals surface area contributed by atoms with E-state index in [1.165, 1.54) is 4.31 Å². The Bertz CT molecular complexity index is 514. The van der Waals surface area contributed by atoms with Gasteiger partial charge in [0.1, 0.15) is 12.4 Å². The first-order chi connectivity index (χ1) is 9.93. The second kappa shape index (κ2) is 8.36. The van der Waals surface area contributed by atoms with Crippen molar-refractivity contribution in [3.05, 3.63) is 24.3 Å². The summed E-state index contributed by atoms with van der Waals surface area (Å²) in [5, 5.41) is 3.16. The summed E-state index contributed by atoms with van der Waals surface area (Å²) in [6.07, 6.45) is 0.779. The summed E-state index contributed by atoms with van der Waals surface area (Å²) in [5.74, 6) is 0.679. The number of sulfonamides is 1. The van der Waals surface area contributed by atoms with E-state index >= 15 is 0 Å². The van der Waals surface area contributed by atoms with Crippen LogP contribution in [0.1, 0.15) is 27.2 Å². The van der Waals surface area contributed by atoms with Gasteiger partial charge in [-0.25, -0.2) is 8.42 Å². The second-order valence-corrected chi connectivity index (χ2v) is 6.95. The Balaban J connectivity index is 2.73. The highest BCUT2D eigenvalue weighted by molar-refractivity contribution is 7.89. The van der Waals surface area contributed by atoms with E-state index in [0.29, 0.717) is 17.3 Å². The van der Waals surface area contributed by atoms with Gasteiger partial charge in [0.25, 0.3) is 0 Å². The number of nitrogens with zero attached hydrogens (tertiary/aromatic N) is 1. The molecule has 1 atom stereocenters. The number of rotatable bonds is 9. The molecule has 0 saturated carbocycles. The van der Waals surface area contributed by atoms with E-state index in [2.05, 4.69) is 5.32 Å². The Morgan fingerprint density at radius 3 is 2.38 bits per heavy atom. The topological polar surface area (TPSA) is 58.6 Å². The molecule has 0 saturated heterocycles. The average molecular weight is 314 g/mol. The zero-order valence-electron chi connectivity index (χ0n) is 13.3. The van der Waals surface area contributed by atoms with E-state index in [-0.39, 0.29) is 6.04 Å². The van der Waals surface area contributed by atoms with Crippen molar-refractivity contribution >= 4 is 10.0 Å². The van der Waals surface area contributed by atoms with Crippen LogP contribution >= 0.6 is 0 Å². The fourth-order valence-corrected chi connectivity index (χ4v) is 3.22. The fourth-order valence-electron chi connectivity index (χ4n) is 1.79. The van der Waals surface area contributed by atoms with Gasteiger partial charge in [0.05, 0.1) is 4.90 Å². The number of hydrogen-bond acceptors (Lipinski definition) is 4. The van der Waals surface area contributed by atoms with Crippen molar-refractivity contribution < 1.29 is 13.2 Å². The first-order valence-corrected chi connectivity index (χ1v) is 8.79. The van der Waals surface area contributed by atoms with Gasteiger partial charge in [-0.05, 0) is 44.2 Å². The molecule has 0 aliphatic carbocycles. The summed E-state index contributed by atoms with van der Waals surface area (Å²) >= 11 is 0. The highest BCUT2D eigenvalue weighted by atomic mass is 32.2. The van der Waals surface area contributed by atoms with Crippen molar-refractivity contribution in [2.75, 3.05) is 26.7 Å². The normalized spacial score (nSPS) is 13.4. The van der Waals surface area contributed by atoms with Crippen LogP contribution in [-0.4, -0.2) is 45.5 Å². The van der Waals surface area contributed by atoms with Crippen LogP contribution in [0.25, 0.3) is 0 Å². The lowest BCUT2D eigenvalue weighted by molar-refractivity contribution is 0.315. The van der Waals surface area contributed by atoms with Crippen molar-refractivity contribution in [3.8, 4) is 5.75 Å². The zero-order valence-corrected chi connectivity index (χ0v) is 14.1. The SMILES string of the molecule is CCNCCOc1ccc(S(=O)(=O)N(C)C(C)CC)cc1. The molecule has 0 spiro atoms. The minimum Gasteiger partial charge on any atom is -0.492 e. The number of benzene rings is 1. The molecule has 0 radical (unpaired) electrons. The smallest absolute Gasteiger partial charge is 0.243 e. The van der Waals surface area contributed by atoms with E-state index in [1.807, 2.05) is 20.8 Å². The lowest BCUT2D eigenvalue weighted by Crippen LogP contribution is -2.34. The Morgan fingerprint density at radius 1 is 1.24 bits per heavy atom. The summed E-state index contributed by atoms with van der Waals surface area (Å²) < 4.78 is 31.8. The summed E-state index contributed by atoms with van der Waals surface area (Å²) in [6, 6.07) is 6.56. The monoisotopic (exact) mass is 314 g/mol. The van der Waals surface area contributed by atoms with Crippen LogP contribution in [0, 0.1) is 0 Å². The van der Waals surface area contributed by atoms with Crippen LogP contribution < -0.4 is 10.1 Å². The van der Waals surface area contributed by atoms with E-state index in [9.17, 15) is 8.42 Å². The van der Waals surface area contributed by atoms with Crippen molar-refractivity contribution in [3.63, 3.8) is 0 Å². The average Bonchev–Trinajstić information content (AvgIpc) is 2.50. The van der Waals surface area contributed by atoms with E-state index in [1.54, 1.807) is 31.3 Å². The molecule has 1 aromatic rings. The number of nitrogens with one attached hydrogen (secondary N) is 1. The highest BCUT2D eigenvalue weighted by Gasteiger charge is 2.24. The molecule has 0 heterocycles. The molecule has 0 aliphatic heterocycles. The van der Waals surface area contributed by atoms with Crippen LogP contribution in [0.5, 0.6) is 5.75 Å². The van der Waals surface area contributed by atoms with Gasteiger partial charge in [-0.2, -0.15) is 4.31 Å². The number of likely N-dealkylation sites (N-methyl/N-ethyl adjacent to an activating group) is 1. The maximum absolute atomic E-state index is 12.4. The molecule has 1 rings (SSSR count). The van der Waals surface area contributed by atoms with Crippen molar-refractivity contribution in [1.29, 1.82) is 0 Å². The maximum atomic E-state index is 12.4. The van der Waals surface area contributed by atoms with Crippen molar-refractivity contribution in [2.24, 2.45) is 0 Å². The Hall–Kier alpha value is -1.11. The summed E-state index contributed by atoms with van der Waals surface area (Å²) in [4.78, 5) is 0.296. The maximum Gasteiger partial charge on any atom is 0.243 e. The van der Waals surface area contributed by atoms with Gasteiger partial charge in [0.2, 0.25) is 10.0 Å². The quantitative estimate of drug-likeness (QED) is 0.709. The van der Waals surface area contributed by atoms with Gasteiger partial charge >= 0.3 is 0 Å². The number of hydrogen-bond donors (Lipinski definition) is 1. The van der Waals surface area contributed by atoms with E-state index in [0.717, 1.165) is 19.5 Å². The molecule has 0 aliphatic rings. The molecular formula is C15H26N2O3S. The van der Waals surface area contributed by atoms with Crippen LogP contribution in [0.15, 0.2) is 29.2 Å². The Kier molecular flexibility index (Phi) is 7.14. The van der Waals surface area contributed by atoms with Gasteiger partial charge < -0.3 is 10.1 Å². The van der Waals surface area contributed by atoms with Gasteiger partial charge in [-0.3, -0.25) is 0 Å². The molecule has 0 aromatic heterocycles. The molecule has 1 N–H and O–H groups in total. The molecule has 5 nitrogen and oxygen atoms in total. The summed E-state index contributed by atoms with van der Waals surface area (Å²) in [5.41, 5.74) is 0. The highest BCUT2D eigenvalue weighted by Crippen LogP contribution is 2.20. The van der Waals surface area contributed by atoms with E-state index in [4.69, 9.17) is 4.74 Å². The van der Waals surface area contributed by atoms with Gasteiger partial charge in [0.15, 0.2) is 0 Å². The molecule has 0 fully saturated rings. The largest absolute Gasteiger partial charge is 0.492 e. The summed E-state index contributed by atoms with van der Waals surface area (Å²) in [6.45, 7) is 8.14. The molecule has 21 heavy (non-hydrogen) atoms. The van der Waals surface area contributed by atoms with Crippen LogP contribution in [-0.2, 0) is 10.0 Å². The third-order valence-electron chi connectivity index (χ3n) is 3.51. The number of ether oxygens (including phenoxy) is 1. The molecule has 0 amide bonds. The van der Waals surface area contributed by atoms with Crippen LogP contribution in [0.2, 0.25) is 0 Å². The van der Waals surface area contributed by atoms with E-state index < -0.39 is 10.0 Å². The second-order valence-electron chi connectivity index (χ2n) is 4.95. The van der Waals surface area contributed by atoms with Gasteiger partial charge in [-0.15, -0.1) is 0 Å². The fraction of sp³-hybridized carbons (Fsp3) is 0.600. The molecular weight excluding hydrogens is 288 g/mol. The third-order valence-corrected chi connectivity index (χ3v) is 5.50. The molecule has 0 bridgehead atoms. The molecule has 6 heteroatoms. The first-order valence-electron chi connectivity index (χ1n) is 7.35. The van der Waals surface area contributed by atoms with Crippen molar-refractivity contribution in [1.82, 2.24) is 9.62 Å². The Morgan fingerprint density at radius 2 is 1.86 bits per heavy atom. The zero-order chi connectivity index (χ0) is 15.9. The van der Waals surface area contributed by atoms with Crippen LogP contribution in [0.3, 0.4) is 0 Å². The predicted molar refractivity (Wildman–Crippen MR) is 85.2 cm³/mol. The van der Waals surface area contributed by atoms with Crippen LogP contribution in [0.4, 0.5) is 0 Å². The van der Waals surface area contributed by atoms with Gasteiger partial charge in [-0.1, -0.05) is 13.8 Å². The lowest BCUT2D eigenvalue weighted by atomic mass is 10.3. The molecule has 1 aromatic carbocycles. The Labute approximate surface area is 128 Å². The minimum atomic E-state index is -3.43. The molecule has 120 valence electrons. The van der Waals surface area contributed by atoms with Gasteiger partial charge in [0, 0.05) is 19.6 Å². The predicted octanol–water partition coefficient (Wildman–Crippen LogP) is 2.09. The minimum absolute atomic E-state index is 0.0222. The first kappa shape index (κ1) is 17.9. The summed E-state index contributed by atoms with van der Waals surface area (Å²) in [7, 11) is -1.82.